The molecule has 2 heterocycles. The van der Waals surface area contributed by atoms with Crippen LogP contribution in [-0.2, 0) is 14.3 Å². The Morgan fingerprint density at radius 2 is 2.05 bits per heavy atom. The molecule has 1 N–H and O–H groups in total. The van der Waals surface area contributed by atoms with E-state index in [0.29, 0.717) is 19.7 Å². The molecule has 19 heavy (non-hydrogen) atoms. The highest BCUT2D eigenvalue weighted by Crippen LogP contribution is 2.35. The third kappa shape index (κ3) is 3.37. The minimum Gasteiger partial charge on any atom is -0.481 e. The van der Waals surface area contributed by atoms with Gasteiger partial charge in [0.15, 0.2) is 0 Å². The van der Waals surface area contributed by atoms with Gasteiger partial charge in [0.1, 0.15) is 5.60 Å². The second-order valence-corrected chi connectivity index (χ2v) is 6.28. The van der Waals surface area contributed by atoms with Crippen LogP contribution >= 0.6 is 0 Å². The number of ether oxygens (including phenoxy) is 2. The number of hydrogen-bond acceptors (Lipinski definition) is 4. The highest BCUT2D eigenvalue weighted by molar-refractivity contribution is 5.69. The lowest BCUT2D eigenvalue weighted by atomic mass is 9.90. The summed E-state index contributed by atoms with van der Waals surface area (Å²) in [6, 6.07) is 0. The van der Waals surface area contributed by atoms with Crippen LogP contribution < -0.4 is 0 Å². The van der Waals surface area contributed by atoms with Crippen LogP contribution in [0.5, 0.6) is 0 Å². The fourth-order valence-corrected chi connectivity index (χ4v) is 2.71. The molecule has 0 unspecified atom stereocenters. The normalized spacial score (nSPS) is 30.3. The van der Waals surface area contributed by atoms with Gasteiger partial charge in [0.05, 0.1) is 25.7 Å². The van der Waals surface area contributed by atoms with Crippen LogP contribution in [0, 0.1) is 11.8 Å². The molecule has 0 aromatic carbocycles. The molecule has 0 aromatic heterocycles. The summed E-state index contributed by atoms with van der Waals surface area (Å²) < 4.78 is 10.9. The van der Waals surface area contributed by atoms with Gasteiger partial charge >= 0.3 is 12.1 Å². The SMILES string of the molecule is CC(C)(C)OC(=O)N1C[C@@H]2[C@H](CC(=O)O)CO[C@@H]2C1. The number of carbonyl (C=O) groups excluding carboxylic acids is 1. The predicted molar refractivity (Wildman–Crippen MR) is 66.8 cm³/mol. The number of nitrogens with zero attached hydrogens (tertiary/aromatic N) is 1. The average molecular weight is 271 g/mol. The topological polar surface area (TPSA) is 76.1 Å². The molecule has 2 saturated heterocycles. The Labute approximate surface area is 112 Å². The summed E-state index contributed by atoms with van der Waals surface area (Å²) in [7, 11) is 0. The largest absolute Gasteiger partial charge is 0.481 e. The number of rotatable bonds is 2. The van der Waals surface area contributed by atoms with Crippen molar-refractivity contribution in [1.29, 1.82) is 0 Å². The summed E-state index contributed by atoms with van der Waals surface area (Å²) in [5.41, 5.74) is -0.518. The van der Waals surface area contributed by atoms with E-state index in [1.54, 1.807) is 4.90 Å². The summed E-state index contributed by atoms with van der Waals surface area (Å²) >= 11 is 0. The van der Waals surface area contributed by atoms with Crippen molar-refractivity contribution in [2.75, 3.05) is 19.7 Å². The second kappa shape index (κ2) is 5.00. The number of aliphatic carboxylic acids is 1. The zero-order valence-electron chi connectivity index (χ0n) is 11.6. The number of amides is 1. The van der Waals surface area contributed by atoms with Crippen LogP contribution in [0.2, 0.25) is 0 Å². The van der Waals surface area contributed by atoms with Gasteiger partial charge in [0.25, 0.3) is 0 Å². The first-order valence-electron chi connectivity index (χ1n) is 6.57. The maximum absolute atomic E-state index is 12.0. The van der Waals surface area contributed by atoms with Crippen LogP contribution in [0.1, 0.15) is 27.2 Å². The van der Waals surface area contributed by atoms with Crippen LogP contribution in [0.15, 0.2) is 0 Å². The Kier molecular flexibility index (Phi) is 3.71. The fourth-order valence-electron chi connectivity index (χ4n) is 2.71. The third-order valence-corrected chi connectivity index (χ3v) is 3.53. The van der Waals surface area contributed by atoms with Gasteiger partial charge in [-0.1, -0.05) is 0 Å². The molecule has 3 atom stereocenters. The van der Waals surface area contributed by atoms with Crippen molar-refractivity contribution in [2.24, 2.45) is 11.8 Å². The Balaban J connectivity index is 1.93. The van der Waals surface area contributed by atoms with Gasteiger partial charge in [-0.05, 0) is 26.7 Å². The van der Waals surface area contributed by atoms with Gasteiger partial charge in [-0.3, -0.25) is 4.79 Å². The summed E-state index contributed by atoms with van der Waals surface area (Å²) in [4.78, 5) is 24.4. The highest BCUT2D eigenvalue weighted by atomic mass is 16.6. The molecule has 2 rings (SSSR count). The number of carbonyl (C=O) groups is 2. The molecule has 0 bridgehead atoms. The fraction of sp³-hybridized carbons (Fsp3) is 0.846. The van der Waals surface area contributed by atoms with Gasteiger partial charge in [0, 0.05) is 12.5 Å². The molecule has 0 radical (unpaired) electrons. The third-order valence-electron chi connectivity index (χ3n) is 3.53. The molecule has 2 aliphatic rings. The van der Waals surface area contributed by atoms with E-state index in [9.17, 15) is 9.59 Å². The van der Waals surface area contributed by atoms with Crippen molar-refractivity contribution < 1.29 is 24.2 Å². The monoisotopic (exact) mass is 271 g/mol. The highest BCUT2D eigenvalue weighted by Gasteiger charge is 2.46. The first kappa shape index (κ1) is 14.1. The van der Waals surface area contributed by atoms with Crippen LogP contribution in [0.4, 0.5) is 4.79 Å². The lowest BCUT2D eigenvalue weighted by Crippen LogP contribution is -2.36. The van der Waals surface area contributed by atoms with Crippen LogP contribution in [-0.4, -0.2) is 53.5 Å². The molecular formula is C13H21NO5. The van der Waals surface area contributed by atoms with E-state index < -0.39 is 11.6 Å². The molecule has 0 saturated carbocycles. The Hall–Kier alpha value is -1.30. The van der Waals surface area contributed by atoms with E-state index in [2.05, 4.69) is 0 Å². The van der Waals surface area contributed by atoms with E-state index in [1.165, 1.54) is 0 Å². The first-order chi connectivity index (χ1) is 8.76. The van der Waals surface area contributed by atoms with E-state index >= 15 is 0 Å². The van der Waals surface area contributed by atoms with Crippen LogP contribution in [0.3, 0.4) is 0 Å². The van der Waals surface area contributed by atoms with Crippen molar-refractivity contribution in [3.8, 4) is 0 Å². The Morgan fingerprint density at radius 3 is 2.63 bits per heavy atom. The summed E-state index contributed by atoms with van der Waals surface area (Å²) in [6.45, 7) is 6.97. The molecule has 0 aromatic rings. The number of carboxylic acid groups (broad SMARTS) is 1. The van der Waals surface area contributed by atoms with Crippen molar-refractivity contribution in [1.82, 2.24) is 4.90 Å². The second-order valence-electron chi connectivity index (χ2n) is 6.28. The lowest BCUT2D eigenvalue weighted by molar-refractivity contribution is -0.138. The van der Waals surface area contributed by atoms with Gasteiger partial charge in [-0.25, -0.2) is 4.79 Å². The number of carboxylic acids is 1. The Morgan fingerprint density at radius 1 is 1.37 bits per heavy atom. The van der Waals surface area contributed by atoms with Gasteiger partial charge in [-0.2, -0.15) is 0 Å². The number of fused-ring (bicyclic) bond motifs is 1. The number of hydrogen-bond donors (Lipinski definition) is 1. The molecule has 6 nitrogen and oxygen atoms in total. The maximum atomic E-state index is 12.0. The average Bonchev–Trinajstić information content (AvgIpc) is 2.77. The first-order valence-corrected chi connectivity index (χ1v) is 6.57. The minimum atomic E-state index is -0.815. The van der Waals surface area contributed by atoms with Crippen molar-refractivity contribution in [2.45, 2.75) is 38.9 Å². The molecule has 0 aliphatic carbocycles. The molecule has 1 amide bonds. The molecule has 108 valence electrons. The van der Waals surface area contributed by atoms with Gasteiger partial charge in [0.2, 0.25) is 0 Å². The van der Waals surface area contributed by atoms with Crippen molar-refractivity contribution in [3.05, 3.63) is 0 Å². The van der Waals surface area contributed by atoms with E-state index in [4.69, 9.17) is 14.6 Å². The lowest BCUT2D eigenvalue weighted by Gasteiger charge is -2.25. The van der Waals surface area contributed by atoms with Crippen LogP contribution in [0.25, 0.3) is 0 Å². The van der Waals surface area contributed by atoms with Crippen molar-refractivity contribution in [3.63, 3.8) is 0 Å². The summed E-state index contributed by atoms with van der Waals surface area (Å²) in [5.74, 6) is -0.705. The molecular weight excluding hydrogens is 250 g/mol. The van der Waals surface area contributed by atoms with E-state index in [1.807, 2.05) is 20.8 Å². The zero-order valence-corrected chi connectivity index (χ0v) is 11.6. The Bertz CT molecular complexity index is 376. The van der Waals surface area contributed by atoms with E-state index in [0.717, 1.165) is 0 Å². The van der Waals surface area contributed by atoms with Gasteiger partial charge < -0.3 is 19.5 Å². The standard InChI is InChI=1S/C13H21NO5/c1-13(2,3)19-12(17)14-5-9-8(4-11(15)16)7-18-10(9)6-14/h8-10H,4-7H2,1-3H3,(H,15,16)/t8-,9-,10-/m1/s1. The molecule has 6 heteroatoms. The predicted octanol–water partition coefficient (Wildman–Crippen LogP) is 1.34. The molecule has 2 fully saturated rings. The summed E-state index contributed by atoms with van der Waals surface area (Å²) in [5, 5.41) is 8.86. The zero-order chi connectivity index (χ0) is 14.2. The minimum absolute atomic E-state index is 0.00469. The number of likely N-dealkylation sites (tertiary alicyclic amines) is 1. The molecule has 2 aliphatic heterocycles. The summed E-state index contributed by atoms with van der Waals surface area (Å²) in [6.07, 6.45) is -0.292. The van der Waals surface area contributed by atoms with Gasteiger partial charge in [-0.15, -0.1) is 0 Å². The van der Waals surface area contributed by atoms with Crippen molar-refractivity contribution >= 4 is 12.1 Å². The molecule has 0 spiro atoms. The van der Waals surface area contributed by atoms with E-state index in [-0.39, 0.29) is 30.5 Å². The maximum Gasteiger partial charge on any atom is 0.410 e. The quantitative estimate of drug-likeness (QED) is 0.820. The smallest absolute Gasteiger partial charge is 0.410 e.